The molecule has 1 aromatic heterocycles. The summed E-state index contributed by atoms with van der Waals surface area (Å²) >= 11 is 0. The summed E-state index contributed by atoms with van der Waals surface area (Å²) in [7, 11) is 0. The Hall–Kier alpha value is -3.36. The number of rotatable bonds is 10. The predicted octanol–water partition coefficient (Wildman–Crippen LogP) is 6.43. The molecule has 0 aliphatic carbocycles. The predicted molar refractivity (Wildman–Crippen MR) is 139 cm³/mol. The second-order valence-electron chi connectivity index (χ2n) is 9.88. The monoisotopic (exact) mass is 488 g/mol. The normalized spacial score (nSPS) is 12.3. The Morgan fingerprint density at radius 3 is 2.20 bits per heavy atom. The van der Waals surface area contributed by atoms with Gasteiger partial charge in [0.15, 0.2) is 11.6 Å². The van der Waals surface area contributed by atoms with Gasteiger partial charge in [0.2, 0.25) is 5.95 Å². The average Bonchev–Trinajstić information content (AvgIpc) is 2.71. The quantitative estimate of drug-likeness (QED) is 0.297. The molecule has 0 aromatic carbocycles. The zero-order valence-electron chi connectivity index (χ0n) is 22.3. The van der Waals surface area contributed by atoms with Crippen molar-refractivity contribution in [1.82, 2.24) is 9.97 Å². The number of hydrogen-bond donors (Lipinski definition) is 1. The van der Waals surface area contributed by atoms with Crippen LogP contribution >= 0.6 is 0 Å². The number of ether oxygens (including phenoxy) is 3. The van der Waals surface area contributed by atoms with Crippen molar-refractivity contribution >= 4 is 24.0 Å². The van der Waals surface area contributed by atoms with Gasteiger partial charge >= 0.3 is 12.2 Å². The molecule has 0 bridgehead atoms. The maximum absolute atomic E-state index is 12.9. The number of amides is 2. The molecule has 194 valence electrons. The summed E-state index contributed by atoms with van der Waals surface area (Å²) in [5, 5.41) is 3.21. The first-order valence-electron chi connectivity index (χ1n) is 11.7. The average molecular weight is 489 g/mol. The third kappa shape index (κ3) is 11.6. The van der Waals surface area contributed by atoms with Gasteiger partial charge in [0, 0.05) is 6.54 Å². The van der Waals surface area contributed by atoms with Crippen molar-refractivity contribution in [3.63, 3.8) is 0 Å². The molecule has 35 heavy (non-hydrogen) atoms. The third-order valence-electron chi connectivity index (χ3n) is 4.00. The second-order valence-corrected chi connectivity index (χ2v) is 9.88. The molecule has 0 fully saturated rings. The lowest BCUT2D eigenvalue weighted by Crippen LogP contribution is -2.44. The molecule has 0 unspecified atom stereocenters. The fraction of sp³-hybridized carbons (Fsp3) is 0.538. The van der Waals surface area contributed by atoms with Gasteiger partial charge in [-0.05, 0) is 60.5 Å². The van der Waals surface area contributed by atoms with Gasteiger partial charge < -0.3 is 19.5 Å². The lowest BCUT2D eigenvalue weighted by Gasteiger charge is -2.27. The molecule has 9 heteroatoms. The zero-order chi connectivity index (χ0) is 26.6. The fourth-order valence-corrected chi connectivity index (χ4v) is 2.48. The highest BCUT2D eigenvalue weighted by Crippen LogP contribution is 2.26. The van der Waals surface area contributed by atoms with Crippen LogP contribution in [-0.4, -0.2) is 46.5 Å². The number of anilines is 2. The first-order chi connectivity index (χ1) is 16.3. The Labute approximate surface area is 209 Å². The summed E-state index contributed by atoms with van der Waals surface area (Å²) in [6.07, 6.45) is 8.70. The number of aromatic nitrogens is 2. The van der Waals surface area contributed by atoms with Crippen LogP contribution < -0.4 is 15.0 Å². The van der Waals surface area contributed by atoms with E-state index in [2.05, 4.69) is 28.8 Å². The molecule has 1 rings (SSSR count). The van der Waals surface area contributed by atoms with Crippen LogP contribution in [0.3, 0.4) is 0 Å². The van der Waals surface area contributed by atoms with Crippen LogP contribution in [0.15, 0.2) is 42.7 Å². The SMILES string of the molecule is C=C/C=C\C=C(/C)COc1cnc(N(C(=O)OC(C)(C)C)C(=O)OC(C)(C)C)nc1NCCCC. The highest BCUT2D eigenvalue weighted by molar-refractivity contribution is 6.08. The van der Waals surface area contributed by atoms with E-state index in [1.165, 1.54) is 6.20 Å². The Morgan fingerprint density at radius 2 is 1.69 bits per heavy atom. The van der Waals surface area contributed by atoms with Crippen molar-refractivity contribution in [2.45, 2.75) is 79.4 Å². The minimum atomic E-state index is -0.937. The van der Waals surface area contributed by atoms with E-state index in [4.69, 9.17) is 14.2 Å². The largest absolute Gasteiger partial charge is 0.484 e. The maximum Gasteiger partial charge on any atom is 0.427 e. The highest BCUT2D eigenvalue weighted by Gasteiger charge is 2.35. The van der Waals surface area contributed by atoms with E-state index < -0.39 is 23.4 Å². The number of allylic oxidation sites excluding steroid dienone is 4. The van der Waals surface area contributed by atoms with Crippen molar-refractivity contribution in [3.8, 4) is 5.75 Å². The van der Waals surface area contributed by atoms with Crippen molar-refractivity contribution < 1.29 is 23.8 Å². The number of nitrogens with one attached hydrogen (secondary N) is 1. The van der Waals surface area contributed by atoms with Gasteiger partial charge in [0.05, 0.1) is 6.20 Å². The summed E-state index contributed by atoms with van der Waals surface area (Å²) in [5.41, 5.74) is -0.713. The first-order valence-corrected chi connectivity index (χ1v) is 11.7. The van der Waals surface area contributed by atoms with Crippen LogP contribution in [0.1, 0.15) is 68.2 Å². The molecule has 1 aromatic rings. The van der Waals surface area contributed by atoms with Gasteiger partial charge in [0.1, 0.15) is 17.8 Å². The van der Waals surface area contributed by atoms with Crippen molar-refractivity contribution in [3.05, 3.63) is 42.7 Å². The van der Waals surface area contributed by atoms with E-state index in [1.807, 2.05) is 25.2 Å². The summed E-state index contributed by atoms with van der Waals surface area (Å²) in [5.74, 6) is 0.565. The van der Waals surface area contributed by atoms with Gasteiger partial charge in [-0.3, -0.25) is 0 Å². The zero-order valence-corrected chi connectivity index (χ0v) is 22.3. The number of unbranched alkanes of at least 4 members (excludes halogenated alkanes) is 1. The molecule has 0 radical (unpaired) electrons. The summed E-state index contributed by atoms with van der Waals surface area (Å²) < 4.78 is 16.7. The maximum atomic E-state index is 12.9. The van der Waals surface area contributed by atoms with E-state index >= 15 is 0 Å². The smallest absolute Gasteiger partial charge is 0.427 e. The second kappa shape index (κ2) is 13.5. The highest BCUT2D eigenvalue weighted by atomic mass is 16.6. The van der Waals surface area contributed by atoms with E-state index in [0.29, 0.717) is 29.6 Å². The Morgan fingerprint density at radius 1 is 1.09 bits per heavy atom. The molecule has 0 aliphatic heterocycles. The lowest BCUT2D eigenvalue weighted by atomic mass is 10.2. The van der Waals surface area contributed by atoms with Crippen LogP contribution in [0.4, 0.5) is 21.4 Å². The van der Waals surface area contributed by atoms with E-state index in [9.17, 15) is 9.59 Å². The van der Waals surface area contributed by atoms with Crippen molar-refractivity contribution in [2.24, 2.45) is 0 Å². The standard InChI is InChI=1S/C26H40N4O5/c1-10-12-14-15-19(3)18-33-20-17-28-22(29-21(20)27-16-13-11-2)30(23(31)34-25(4,5)6)24(32)35-26(7,8)9/h10,12,14-15,17H,1,11,13,16,18H2,2-9H3,(H,27,28,29)/b14-12-,19-15+. The molecule has 1 N–H and O–H groups in total. The van der Waals surface area contributed by atoms with Crippen LogP contribution in [-0.2, 0) is 9.47 Å². The van der Waals surface area contributed by atoms with E-state index in [0.717, 1.165) is 18.4 Å². The van der Waals surface area contributed by atoms with Gasteiger partial charge in [0.25, 0.3) is 0 Å². The van der Waals surface area contributed by atoms with Gasteiger partial charge in [-0.15, -0.1) is 4.90 Å². The summed E-state index contributed by atoms with van der Waals surface area (Å²) in [4.78, 5) is 35.2. The number of hydrogen-bond acceptors (Lipinski definition) is 8. The fourth-order valence-electron chi connectivity index (χ4n) is 2.48. The molecule has 9 nitrogen and oxygen atoms in total. The Balaban J connectivity index is 3.35. The van der Waals surface area contributed by atoms with E-state index in [1.54, 1.807) is 47.6 Å². The molecule has 1 heterocycles. The Kier molecular flexibility index (Phi) is 11.5. The van der Waals surface area contributed by atoms with Gasteiger partial charge in [-0.2, -0.15) is 4.98 Å². The molecular weight excluding hydrogens is 448 g/mol. The number of imide groups is 1. The van der Waals surface area contributed by atoms with Crippen molar-refractivity contribution in [2.75, 3.05) is 23.4 Å². The van der Waals surface area contributed by atoms with Crippen LogP contribution in [0.25, 0.3) is 0 Å². The first kappa shape index (κ1) is 29.7. The van der Waals surface area contributed by atoms with Crippen LogP contribution in [0, 0.1) is 0 Å². The summed E-state index contributed by atoms with van der Waals surface area (Å²) in [6.45, 7) is 18.8. The molecule has 2 amide bonds. The molecule has 0 saturated heterocycles. The number of nitrogens with zero attached hydrogens (tertiary/aromatic N) is 3. The molecule has 0 aliphatic rings. The lowest BCUT2D eigenvalue weighted by molar-refractivity contribution is 0.0427. The van der Waals surface area contributed by atoms with Gasteiger partial charge in [-0.1, -0.05) is 44.2 Å². The topological polar surface area (TPSA) is 103 Å². The third-order valence-corrected chi connectivity index (χ3v) is 4.00. The molecule has 0 atom stereocenters. The minimum absolute atomic E-state index is 0.180. The molecule has 0 saturated carbocycles. The minimum Gasteiger partial charge on any atom is -0.484 e. The molecule has 0 spiro atoms. The van der Waals surface area contributed by atoms with Gasteiger partial charge in [-0.25, -0.2) is 14.6 Å². The Bertz CT molecular complexity index is 899. The van der Waals surface area contributed by atoms with Crippen LogP contribution in [0.5, 0.6) is 5.75 Å². The molecular formula is C26H40N4O5. The number of carbonyl (C=O) groups is 2. The number of carbonyl (C=O) groups excluding carboxylic acids is 2. The van der Waals surface area contributed by atoms with E-state index in [-0.39, 0.29) is 5.95 Å². The van der Waals surface area contributed by atoms with Crippen molar-refractivity contribution in [1.29, 1.82) is 0 Å². The summed E-state index contributed by atoms with van der Waals surface area (Å²) in [6, 6.07) is 0. The van der Waals surface area contributed by atoms with Crippen LogP contribution in [0.2, 0.25) is 0 Å².